The lowest BCUT2D eigenvalue weighted by molar-refractivity contribution is 0.374. The third-order valence-electron chi connectivity index (χ3n) is 1.45. The van der Waals surface area contributed by atoms with Gasteiger partial charge in [0.1, 0.15) is 0 Å². The third-order valence-corrected chi connectivity index (χ3v) is 1.45. The highest BCUT2D eigenvalue weighted by Gasteiger charge is 2.06. The molecule has 0 saturated carbocycles. The van der Waals surface area contributed by atoms with Gasteiger partial charge in [-0.2, -0.15) is 5.26 Å². The molecule has 5 heteroatoms. The number of halogens is 1. The van der Waals surface area contributed by atoms with E-state index in [1.165, 1.54) is 19.2 Å². The number of ether oxygens (including phenoxy) is 1. The van der Waals surface area contributed by atoms with E-state index in [1.54, 1.807) is 0 Å². The minimum atomic E-state index is -0.128. The summed E-state index contributed by atoms with van der Waals surface area (Å²) in [5.41, 5.74) is 5.90. The van der Waals surface area contributed by atoms with E-state index in [2.05, 4.69) is 0 Å². The average Bonchev–Trinajstić information content (AvgIpc) is 2.09. The number of nitrogens with two attached hydrogens (primary N) is 1. The number of nitriles is 1. The van der Waals surface area contributed by atoms with Crippen LogP contribution in [-0.4, -0.2) is 12.2 Å². The van der Waals surface area contributed by atoms with Gasteiger partial charge in [0.15, 0.2) is 11.5 Å². The van der Waals surface area contributed by atoms with Crippen molar-refractivity contribution in [2.75, 3.05) is 12.8 Å². The first kappa shape index (κ1) is 11.4. The molecule has 0 fully saturated rings. The average molecular weight is 201 g/mol. The lowest BCUT2D eigenvalue weighted by atomic mass is 10.2. The van der Waals surface area contributed by atoms with Crippen molar-refractivity contribution in [3.63, 3.8) is 0 Å². The second-order valence-electron chi connectivity index (χ2n) is 2.23. The number of hydrogen-bond donors (Lipinski definition) is 2. The van der Waals surface area contributed by atoms with Gasteiger partial charge in [-0.05, 0) is 6.07 Å². The van der Waals surface area contributed by atoms with Crippen molar-refractivity contribution in [3.8, 4) is 17.6 Å². The van der Waals surface area contributed by atoms with Crippen LogP contribution in [0.15, 0.2) is 12.1 Å². The van der Waals surface area contributed by atoms with Crippen molar-refractivity contribution in [1.82, 2.24) is 0 Å². The zero-order valence-corrected chi connectivity index (χ0v) is 7.76. The summed E-state index contributed by atoms with van der Waals surface area (Å²) < 4.78 is 4.79. The summed E-state index contributed by atoms with van der Waals surface area (Å²) in [5.74, 6) is 0.0862. The smallest absolute Gasteiger partial charge is 0.181 e. The number of benzene rings is 1. The van der Waals surface area contributed by atoms with E-state index in [1.807, 2.05) is 6.07 Å². The fourth-order valence-corrected chi connectivity index (χ4v) is 0.850. The Kier molecular flexibility index (Phi) is 3.89. The molecule has 0 aliphatic carbocycles. The highest BCUT2D eigenvalue weighted by molar-refractivity contribution is 5.85. The Morgan fingerprint density at radius 2 is 2.15 bits per heavy atom. The summed E-state index contributed by atoms with van der Waals surface area (Å²) in [6.07, 6.45) is 0. The van der Waals surface area contributed by atoms with Crippen LogP contribution in [0, 0.1) is 11.3 Å². The van der Waals surface area contributed by atoms with Crippen molar-refractivity contribution in [2.45, 2.75) is 0 Å². The van der Waals surface area contributed by atoms with Gasteiger partial charge in [0.05, 0.1) is 24.4 Å². The maximum atomic E-state index is 9.26. The highest BCUT2D eigenvalue weighted by atomic mass is 35.5. The van der Waals surface area contributed by atoms with Crippen LogP contribution >= 0.6 is 12.4 Å². The van der Waals surface area contributed by atoms with E-state index < -0.39 is 0 Å². The Morgan fingerprint density at radius 3 is 2.62 bits per heavy atom. The van der Waals surface area contributed by atoms with Crippen LogP contribution in [0.4, 0.5) is 5.69 Å². The van der Waals surface area contributed by atoms with E-state index in [9.17, 15) is 5.11 Å². The van der Waals surface area contributed by atoms with Crippen molar-refractivity contribution in [3.05, 3.63) is 17.7 Å². The Balaban J connectivity index is 0.00000144. The molecule has 0 unspecified atom stereocenters. The molecule has 1 aromatic rings. The van der Waals surface area contributed by atoms with Crippen LogP contribution in [0.1, 0.15) is 5.56 Å². The van der Waals surface area contributed by atoms with Crippen LogP contribution < -0.4 is 10.5 Å². The summed E-state index contributed by atoms with van der Waals surface area (Å²) in [6.45, 7) is 0. The normalized spacial score (nSPS) is 8.31. The number of nitrogen functional groups attached to an aromatic ring is 1. The molecule has 3 N–H and O–H groups in total. The van der Waals surface area contributed by atoms with Gasteiger partial charge in [-0.15, -0.1) is 12.4 Å². The Labute approximate surface area is 82.0 Å². The Morgan fingerprint density at radius 1 is 1.54 bits per heavy atom. The van der Waals surface area contributed by atoms with Gasteiger partial charge in [-0.1, -0.05) is 0 Å². The third kappa shape index (κ3) is 2.17. The van der Waals surface area contributed by atoms with E-state index in [4.69, 9.17) is 15.7 Å². The molecule has 4 nitrogen and oxygen atoms in total. The summed E-state index contributed by atoms with van der Waals surface area (Å²) in [6, 6.07) is 4.71. The molecule has 70 valence electrons. The molecule has 0 atom stereocenters. The number of methoxy groups -OCH3 is 1. The van der Waals surface area contributed by atoms with E-state index in [0.717, 1.165) is 0 Å². The number of nitrogens with zero attached hydrogens (tertiary/aromatic N) is 1. The van der Waals surface area contributed by atoms with Crippen LogP contribution in [-0.2, 0) is 0 Å². The molecule has 13 heavy (non-hydrogen) atoms. The highest BCUT2D eigenvalue weighted by Crippen LogP contribution is 2.32. The topological polar surface area (TPSA) is 79.3 Å². The van der Waals surface area contributed by atoms with Crippen LogP contribution in [0.5, 0.6) is 11.5 Å². The number of rotatable bonds is 1. The van der Waals surface area contributed by atoms with E-state index >= 15 is 0 Å². The fourth-order valence-electron chi connectivity index (χ4n) is 0.850. The zero-order valence-electron chi connectivity index (χ0n) is 6.94. The molecule has 1 rings (SSSR count). The van der Waals surface area contributed by atoms with Gasteiger partial charge in [0.25, 0.3) is 0 Å². The SMILES string of the molecule is COc1cc(C#N)cc(N)c1O.Cl. The first-order chi connectivity index (χ1) is 5.69. The number of aromatic hydroxyl groups is 1. The number of anilines is 1. The molecular formula is C8H9ClN2O2. The van der Waals surface area contributed by atoms with Crippen LogP contribution in [0.2, 0.25) is 0 Å². The summed E-state index contributed by atoms with van der Waals surface area (Å²) >= 11 is 0. The molecule has 0 saturated heterocycles. The van der Waals surface area contributed by atoms with Gasteiger partial charge in [-0.25, -0.2) is 0 Å². The minimum absolute atomic E-state index is 0. The summed E-state index contributed by atoms with van der Waals surface area (Å²) in [5, 5.41) is 17.8. The van der Waals surface area contributed by atoms with Crippen molar-refractivity contribution in [2.24, 2.45) is 0 Å². The van der Waals surface area contributed by atoms with Gasteiger partial charge in [0.2, 0.25) is 0 Å². The monoisotopic (exact) mass is 200 g/mol. The molecule has 0 radical (unpaired) electrons. The maximum absolute atomic E-state index is 9.26. The fraction of sp³-hybridized carbons (Fsp3) is 0.125. The minimum Gasteiger partial charge on any atom is -0.503 e. The van der Waals surface area contributed by atoms with Crippen LogP contribution in [0.25, 0.3) is 0 Å². The lowest BCUT2D eigenvalue weighted by Gasteiger charge is -2.05. The zero-order chi connectivity index (χ0) is 9.14. The molecule has 1 aromatic carbocycles. The molecule has 0 aromatic heterocycles. The molecular weight excluding hydrogens is 192 g/mol. The predicted molar refractivity (Wildman–Crippen MR) is 51.0 cm³/mol. The quantitative estimate of drug-likeness (QED) is 0.529. The number of hydrogen-bond acceptors (Lipinski definition) is 4. The first-order valence-corrected chi connectivity index (χ1v) is 3.25. The van der Waals surface area contributed by atoms with Gasteiger partial charge >= 0.3 is 0 Å². The van der Waals surface area contributed by atoms with Gasteiger partial charge < -0.3 is 15.6 Å². The second-order valence-corrected chi connectivity index (χ2v) is 2.23. The van der Waals surface area contributed by atoms with Crippen molar-refractivity contribution in [1.29, 1.82) is 5.26 Å². The molecule has 0 aliphatic rings. The van der Waals surface area contributed by atoms with Crippen LogP contribution in [0.3, 0.4) is 0 Å². The summed E-state index contributed by atoms with van der Waals surface area (Å²) in [7, 11) is 1.40. The second kappa shape index (κ2) is 4.43. The molecule has 0 bridgehead atoms. The molecule has 0 heterocycles. The van der Waals surface area contributed by atoms with Gasteiger partial charge in [0, 0.05) is 6.07 Å². The largest absolute Gasteiger partial charge is 0.503 e. The van der Waals surface area contributed by atoms with E-state index in [-0.39, 0.29) is 29.6 Å². The Hall–Kier alpha value is -1.60. The predicted octanol–water partition coefficient (Wildman–Crippen LogP) is 1.28. The van der Waals surface area contributed by atoms with Crippen molar-refractivity contribution >= 4 is 18.1 Å². The number of phenolic OH excluding ortho intramolecular Hbond substituents is 1. The standard InChI is InChI=1S/C8H8N2O2.ClH/c1-12-7-3-5(4-9)2-6(10)8(7)11;/h2-3,11H,10H2,1H3;1H. The lowest BCUT2D eigenvalue weighted by Crippen LogP contribution is -1.91. The molecule has 0 aliphatic heterocycles. The van der Waals surface area contributed by atoms with Crippen molar-refractivity contribution < 1.29 is 9.84 Å². The summed E-state index contributed by atoms with van der Waals surface area (Å²) in [4.78, 5) is 0. The van der Waals surface area contributed by atoms with E-state index in [0.29, 0.717) is 5.56 Å². The molecule has 0 amide bonds. The maximum Gasteiger partial charge on any atom is 0.181 e. The van der Waals surface area contributed by atoms with Gasteiger partial charge in [-0.3, -0.25) is 0 Å². The number of phenols is 1. The first-order valence-electron chi connectivity index (χ1n) is 3.25. The Bertz CT molecular complexity index is 347. The molecule has 0 spiro atoms.